The molecule has 0 atom stereocenters. The molecular formula is C54H74O6. The van der Waals surface area contributed by atoms with E-state index in [1.165, 1.54) is 77.0 Å². The van der Waals surface area contributed by atoms with Crippen LogP contribution in [0.4, 0.5) is 0 Å². The fourth-order valence-electron chi connectivity index (χ4n) is 10.6. The van der Waals surface area contributed by atoms with Gasteiger partial charge < -0.3 is 18.9 Å². The average molecular weight is 819 g/mol. The van der Waals surface area contributed by atoms with E-state index < -0.39 is 23.1 Å². The number of hydrogen-bond acceptors (Lipinski definition) is 6. The minimum atomic E-state index is -0.863. The maximum Gasteiger partial charge on any atom is 0.330 e. The van der Waals surface area contributed by atoms with Crippen LogP contribution in [-0.2, 0) is 28.5 Å². The first kappa shape index (κ1) is 46.9. The number of carbonyl (C=O) groups excluding carboxylic acids is 2. The standard InChI is InChI=1S/C54H74O6/c1-7-11-43-17-21-47(22-18-43)49-27-35-53(36-28-49,59-42(6)31-39-57-41(5)9-3)33-25-45-13-15-46(16-14-45)26-34-54(60-52(56)32-40-58-51(55)10-4)37-29-50(30-38-54)48-23-19-44(12-8-2)20-24-48/h9-10,13-16,43-44,47-50H,3-8,11-12,17-24,27-32,35-40H2,1-2H3. The number of hydrogen-bond donors (Lipinski definition) is 0. The molecule has 4 aliphatic carbocycles. The predicted molar refractivity (Wildman–Crippen MR) is 242 cm³/mol. The molecule has 0 saturated heterocycles. The van der Waals surface area contributed by atoms with E-state index in [1.54, 1.807) is 6.08 Å². The first-order valence-electron chi connectivity index (χ1n) is 23.6. The smallest absolute Gasteiger partial charge is 0.330 e. The maximum atomic E-state index is 13.1. The summed E-state index contributed by atoms with van der Waals surface area (Å²) in [4.78, 5) is 24.7. The van der Waals surface area contributed by atoms with Crippen molar-refractivity contribution in [3.05, 3.63) is 85.4 Å². The Hall–Kier alpha value is -4.16. The normalized spacial score (nSPS) is 28.9. The Kier molecular flexibility index (Phi) is 18.6. The minimum absolute atomic E-state index is 0.0145. The number of ether oxygens (including phenoxy) is 4. The van der Waals surface area contributed by atoms with Gasteiger partial charge in [-0.3, -0.25) is 4.79 Å². The highest BCUT2D eigenvalue weighted by molar-refractivity contribution is 5.81. The van der Waals surface area contributed by atoms with Gasteiger partial charge in [0.05, 0.1) is 18.8 Å². The summed E-state index contributed by atoms with van der Waals surface area (Å²) in [7, 11) is 0. The van der Waals surface area contributed by atoms with E-state index in [0.29, 0.717) is 43.3 Å². The van der Waals surface area contributed by atoms with Gasteiger partial charge in [0, 0.05) is 23.6 Å². The van der Waals surface area contributed by atoms with Crippen molar-refractivity contribution >= 4 is 11.9 Å². The van der Waals surface area contributed by atoms with Gasteiger partial charge in [0.25, 0.3) is 0 Å². The summed E-state index contributed by atoms with van der Waals surface area (Å²) in [6.45, 7) is 20.3. The highest BCUT2D eigenvalue weighted by Crippen LogP contribution is 2.46. The molecule has 0 unspecified atom stereocenters. The van der Waals surface area contributed by atoms with Crippen LogP contribution in [0, 0.1) is 59.2 Å². The summed E-state index contributed by atoms with van der Waals surface area (Å²) < 4.78 is 23.6. The molecule has 4 fully saturated rings. The van der Waals surface area contributed by atoms with Gasteiger partial charge in [-0.1, -0.05) is 109 Å². The number of esters is 2. The monoisotopic (exact) mass is 819 g/mol. The van der Waals surface area contributed by atoms with Gasteiger partial charge in [-0.25, -0.2) is 4.79 Å². The summed E-state index contributed by atoms with van der Waals surface area (Å²) in [5.74, 6) is 18.9. The highest BCUT2D eigenvalue weighted by Gasteiger charge is 2.41. The highest BCUT2D eigenvalue weighted by atomic mass is 16.6. The lowest BCUT2D eigenvalue weighted by Crippen LogP contribution is -2.40. The zero-order chi connectivity index (χ0) is 42.8. The molecule has 0 aromatic heterocycles. The lowest BCUT2D eigenvalue weighted by Gasteiger charge is -2.41. The van der Waals surface area contributed by atoms with Crippen molar-refractivity contribution < 1.29 is 28.5 Å². The molecule has 6 nitrogen and oxygen atoms in total. The molecule has 1 aromatic carbocycles. The fraction of sp³-hybridized carbons (Fsp3) is 0.630. The molecule has 4 saturated carbocycles. The Morgan fingerprint density at radius 3 is 1.48 bits per heavy atom. The molecule has 60 heavy (non-hydrogen) atoms. The summed E-state index contributed by atoms with van der Waals surface area (Å²) in [6.07, 6.45) is 26.8. The Morgan fingerprint density at radius 2 is 1.05 bits per heavy atom. The van der Waals surface area contributed by atoms with Crippen molar-refractivity contribution in [3.63, 3.8) is 0 Å². The molecule has 326 valence electrons. The van der Waals surface area contributed by atoms with Gasteiger partial charge in [-0.15, -0.1) is 0 Å². The van der Waals surface area contributed by atoms with Crippen LogP contribution in [0.25, 0.3) is 0 Å². The molecule has 0 bridgehead atoms. The predicted octanol–water partition coefficient (Wildman–Crippen LogP) is 12.8. The summed E-state index contributed by atoms with van der Waals surface area (Å²) >= 11 is 0. The maximum absolute atomic E-state index is 13.1. The average Bonchev–Trinajstić information content (AvgIpc) is 3.26. The zero-order valence-electron chi connectivity index (χ0n) is 37.2. The van der Waals surface area contributed by atoms with Crippen LogP contribution < -0.4 is 0 Å². The van der Waals surface area contributed by atoms with Crippen LogP contribution in [-0.4, -0.2) is 36.4 Å². The van der Waals surface area contributed by atoms with E-state index >= 15 is 0 Å². The van der Waals surface area contributed by atoms with Crippen LogP contribution in [0.1, 0.15) is 166 Å². The summed E-state index contributed by atoms with van der Waals surface area (Å²) in [5, 5.41) is 0. The number of allylic oxidation sites excluding steroid dienone is 1. The van der Waals surface area contributed by atoms with E-state index in [0.717, 1.165) is 85.3 Å². The molecule has 5 rings (SSSR count). The van der Waals surface area contributed by atoms with Gasteiger partial charge in [0.1, 0.15) is 12.4 Å². The van der Waals surface area contributed by atoms with Gasteiger partial charge in [0.2, 0.25) is 0 Å². The molecule has 0 spiro atoms. The number of rotatable bonds is 18. The van der Waals surface area contributed by atoms with Gasteiger partial charge >= 0.3 is 11.9 Å². The molecule has 4 aliphatic rings. The fourth-order valence-corrected chi connectivity index (χ4v) is 10.6. The lowest BCUT2D eigenvalue weighted by atomic mass is 9.67. The van der Waals surface area contributed by atoms with Gasteiger partial charge in [0.15, 0.2) is 11.2 Å². The van der Waals surface area contributed by atoms with Crippen LogP contribution >= 0.6 is 0 Å². The minimum Gasteiger partial charge on any atom is -0.494 e. The van der Waals surface area contributed by atoms with Crippen molar-refractivity contribution in [1.82, 2.24) is 0 Å². The SMILES string of the molecule is C=CC(=C)OCCC(=C)OC1(C#Cc2ccc(C#CC3(OC(=O)CCOC(=O)C=C)CCC(C4CCC(CCC)CC4)CC3)cc2)CCC(C2CCC(CCC)CC2)CC1. The third-order valence-electron chi connectivity index (χ3n) is 14.2. The van der Waals surface area contributed by atoms with Crippen LogP contribution in [0.15, 0.2) is 74.3 Å². The zero-order valence-corrected chi connectivity index (χ0v) is 37.2. The summed E-state index contributed by atoms with van der Waals surface area (Å²) in [6, 6.07) is 8.05. The van der Waals surface area contributed by atoms with Crippen molar-refractivity contribution in [2.45, 2.75) is 166 Å². The van der Waals surface area contributed by atoms with Crippen molar-refractivity contribution in [2.24, 2.45) is 35.5 Å². The second-order valence-electron chi connectivity index (χ2n) is 18.4. The van der Waals surface area contributed by atoms with E-state index in [2.05, 4.69) is 63.8 Å². The van der Waals surface area contributed by atoms with E-state index in [4.69, 9.17) is 18.9 Å². The van der Waals surface area contributed by atoms with Crippen LogP contribution in [0.5, 0.6) is 0 Å². The quantitative estimate of drug-likeness (QED) is 0.0483. The van der Waals surface area contributed by atoms with E-state index in [1.807, 2.05) is 24.3 Å². The molecule has 0 radical (unpaired) electrons. The van der Waals surface area contributed by atoms with Gasteiger partial charge in [-0.2, -0.15) is 0 Å². The number of benzene rings is 1. The Balaban J connectivity index is 1.26. The Labute approximate surface area is 363 Å². The Morgan fingerprint density at radius 1 is 0.617 bits per heavy atom. The second kappa shape index (κ2) is 23.7. The number of carbonyl (C=O) groups is 2. The van der Waals surface area contributed by atoms with Gasteiger partial charge in [-0.05, 0) is 149 Å². The molecule has 0 heterocycles. The third kappa shape index (κ3) is 14.5. The summed E-state index contributed by atoms with van der Waals surface area (Å²) in [5.41, 5.74) is 0.300. The van der Waals surface area contributed by atoms with Crippen molar-refractivity contribution in [1.29, 1.82) is 0 Å². The molecule has 0 aliphatic heterocycles. The second-order valence-corrected chi connectivity index (χ2v) is 18.4. The first-order chi connectivity index (χ1) is 29.1. The molecule has 0 N–H and O–H groups in total. The molecule has 1 aromatic rings. The van der Waals surface area contributed by atoms with E-state index in [-0.39, 0.29) is 13.0 Å². The third-order valence-corrected chi connectivity index (χ3v) is 14.2. The topological polar surface area (TPSA) is 71.1 Å². The molecule has 0 amide bonds. The van der Waals surface area contributed by atoms with Crippen molar-refractivity contribution in [3.8, 4) is 23.7 Å². The lowest BCUT2D eigenvalue weighted by molar-refractivity contribution is -0.159. The van der Waals surface area contributed by atoms with Crippen LogP contribution in [0.2, 0.25) is 0 Å². The Bertz CT molecular complexity index is 1570. The largest absolute Gasteiger partial charge is 0.494 e. The van der Waals surface area contributed by atoms with Crippen LogP contribution in [0.3, 0.4) is 0 Å². The van der Waals surface area contributed by atoms with E-state index in [9.17, 15) is 9.59 Å². The molecular weight excluding hydrogens is 745 g/mol. The molecule has 6 heteroatoms. The first-order valence-corrected chi connectivity index (χ1v) is 23.6. The van der Waals surface area contributed by atoms with Crippen molar-refractivity contribution in [2.75, 3.05) is 13.2 Å².